The Kier molecular flexibility index (Phi) is 2.88. The van der Waals surface area contributed by atoms with Gasteiger partial charge >= 0.3 is 0 Å². The molecule has 0 amide bonds. The van der Waals surface area contributed by atoms with Gasteiger partial charge in [0, 0.05) is 23.3 Å². The van der Waals surface area contributed by atoms with Crippen LogP contribution in [0.4, 0.5) is 0 Å². The quantitative estimate of drug-likeness (QED) is 0.856. The first kappa shape index (κ1) is 11.8. The highest BCUT2D eigenvalue weighted by Crippen LogP contribution is 2.29. The van der Waals surface area contributed by atoms with Gasteiger partial charge in [-0.25, -0.2) is 4.98 Å². The number of hydrogen-bond acceptors (Lipinski definition) is 2. The van der Waals surface area contributed by atoms with E-state index in [4.69, 9.17) is 17.3 Å². The Labute approximate surface area is 112 Å². The minimum Gasteiger partial charge on any atom is -0.333 e. The van der Waals surface area contributed by atoms with Crippen molar-refractivity contribution in [2.24, 2.45) is 11.7 Å². The number of imidazole rings is 1. The van der Waals surface area contributed by atoms with Gasteiger partial charge in [0.2, 0.25) is 0 Å². The minimum absolute atomic E-state index is 0.0507. The molecule has 0 spiro atoms. The summed E-state index contributed by atoms with van der Waals surface area (Å²) in [5.41, 5.74) is 8.21. The zero-order chi connectivity index (χ0) is 12.7. The van der Waals surface area contributed by atoms with Crippen LogP contribution in [0.1, 0.15) is 25.2 Å². The van der Waals surface area contributed by atoms with Gasteiger partial charge in [-0.3, -0.25) is 0 Å². The van der Waals surface area contributed by atoms with Crippen molar-refractivity contribution in [3.8, 4) is 11.3 Å². The van der Waals surface area contributed by atoms with Gasteiger partial charge < -0.3 is 10.3 Å². The fourth-order valence-corrected chi connectivity index (χ4v) is 2.71. The molecule has 0 bridgehead atoms. The van der Waals surface area contributed by atoms with E-state index < -0.39 is 0 Å². The molecule has 18 heavy (non-hydrogen) atoms. The molecule has 2 unspecified atom stereocenters. The summed E-state index contributed by atoms with van der Waals surface area (Å²) in [6.45, 7) is 3.23. The Morgan fingerprint density at radius 3 is 2.78 bits per heavy atom. The Morgan fingerprint density at radius 1 is 1.33 bits per heavy atom. The lowest BCUT2D eigenvalue weighted by molar-refractivity contribution is 0.346. The molecule has 1 aromatic carbocycles. The molecule has 0 radical (unpaired) electrons. The van der Waals surface area contributed by atoms with Crippen molar-refractivity contribution in [2.75, 3.05) is 0 Å². The highest BCUT2D eigenvalue weighted by molar-refractivity contribution is 6.30. The summed E-state index contributed by atoms with van der Waals surface area (Å²) >= 11 is 5.90. The molecule has 0 saturated carbocycles. The molecule has 2 aromatic rings. The normalized spacial score (nSPS) is 22.8. The Bertz CT molecular complexity index is 559. The molecule has 1 aromatic heterocycles. The van der Waals surface area contributed by atoms with Crippen LogP contribution in [0.5, 0.6) is 0 Å². The van der Waals surface area contributed by atoms with Crippen molar-refractivity contribution >= 4 is 11.6 Å². The summed E-state index contributed by atoms with van der Waals surface area (Å²) in [5.74, 6) is 1.61. The Hall–Kier alpha value is -1.32. The van der Waals surface area contributed by atoms with Crippen LogP contribution < -0.4 is 5.73 Å². The summed E-state index contributed by atoms with van der Waals surface area (Å²) in [4.78, 5) is 4.66. The highest BCUT2D eigenvalue weighted by Gasteiger charge is 2.24. The first-order chi connectivity index (χ1) is 8.63. The monoisotopic (exact) mass is 261 g/mol. The number of halogens is 1. The maximum Gasteiger partial charge on any atom is 0.126 e. The van der Waals surface area contributed by atoms with Gasteiger partial charge in [-0.2, -0.15) is 0 Å². The third-order valence-electron chi connectivity index (χ3n) is 3.44. The van der Waals surface area contributed by atoms with E-state index in [1.165, 1.54) is 0 Å². The van der Waals surface area contributed by atoms with Gasteiger partial charge in [0.1, 0.15) is 5.82 Å². The molecule has 1 aliphatic rings. The second-order valence-corrected chi connectivity index (χ2v) is 5.53. The van der Waals surface area contributed by atoms with Crippen LogP contribution in [0.15, 0.2) is 30.5 Å². The average Bonchev–Trinajstić information content (AvgIpc) is 2.74. The van der Waals surface area contributed by atoms with Crippen molar-refractivity contribution < 1.29 is 0 Å². The molecule has 94 valence electrons. The molecule has 4 heteroatoms. The molecule has 2 atom stereocenters. The van der Waals surface area contributed by atoms with Crippen LogP contribution in [0.2, 0.25) is 5.02 Å². The summed E-state index contributed by atoms with van der Waals surface area (Å²) in [6.07, 6.45) is 3.10. The predicted octanol–water partition coefficient (Wildman–Crippen LogP) is 3.24. The van der Waals surface area contributed by atoms with Crippen molar-refractivity contribution in [3.05, 3.63) is 41.3 Å². The number of benzene rings is 1. The first-order valence-electron chi connectivity index (χ1n) is 6.22. The van der Waals surface area contributed by atoms with Crippen molar-refractivity contribution in [1.29, 1.82) is 0 Å². The summed E-state index contributed by atoms with van der Waals surface area (Å²) in [5, 5.41) is 0.744. The fraction of sp³-hybridized carbons (Fsp3) is 0.357. The third-order valence-corrected chi connectivity index (χ3v) is 3.70. The molecule has 3 nitrogen and oxygen atoms in total. The average molecular weight is 262 g/mol. The molecular weight excluding hydrogens is 246 g/mol. The van der Waals surface area contributed by atoms with Crippen LogP contribution in [-0.4, -0.2) is 9.55 Å². The van der Waals surface area contributed by atoms with Gasteiger partial charge in [-0.1, -0.05) is 30.7 Å². The van der Waals surface area contributed by atoms with Crippen LogP contribution in [-0.2, 0) is 6.54 Å². The van der Waals surface area contributed by atoms with E-state index in [-0.39, 0.29) is 6.04 Å². The zero-order valence-corrected chi connectivity index (χ0v) is 11.1. The van der Waals surface area contributed by atoms with Crippen LogP contribution in [0.3, 0.4) is 0 Å². The van der Waals surface area contributed by atoms with Crippen molar-refractivity contribution in [3.63, 3.8) is 0 Å². The lowest BCUT2D eigenvalue weighted by atomic mass is 9.98. The number of nitrogens with zero attached hydrogens (tertiary/aromatic N) is 2. The van der Waals surface area contributed by atoms with E-state index in [0.29, 0.717) is 5.92 Å². The molecule has 0 saturated heterocycles. The summed E-state index contributed by atoms with van der Waals surface area (Å²) in [7, 11) is 0. The molecule has 3 rings (SSSR count). The standard InChI is InChI=1S/C14H16ClN3/c1-9-6-12(16)14-17-13(8-18(14)7-9)10-2-4-11(15)5-3-10/h2-5,8-9,12H,6-7,16H2,1H3. The Balaban J connectivity index is 2.00. The summed E-state index contributed by atoms with van der Waals surface area (Å²) < 4.78 is 2.18. The second-order valence-electron chi connectivity index (χ2n) is 5.09. The van der Waals surface area contributed by atoms with Crippen LogP contribution in [0.25, 0.3) is 11.3 Å². The maximum atomic E-state index is 6.15. The molecule has 2 heterocycles. The van der Waals surface area contributed by atoms with Crippen molar-refractivity contribution in [1.82, 2.24) is 9.55 Å². The topological polar surface area (TPSA) is 43.8 Å². The van der Waals surface area contributed by atoms with Gasteiger partial charge in [0.25, 0.3) is 0 Å². The molecule has 0 fully saturated rings. The molecular formula is C14H16ClN3. The molecule has 1 aliphatic heterocycles. The Morgan fingerprint density at radius 2 is 2.06 bits per heavy atom. The van der Waals surface area contributed by atoms with Gasteiger partial charge in [-0.15, -0.1) is 0 Å². The van der Waals surface area contributed by atoms with E-state index >= 15 is 0 Å². The SMILES string of the molecule is CC1CC(N)c2nc(-c3ccc(Cl)cc3)cn2C1. The number of nitrogens with two attached hydrogens (primary N) is 1. The van der Waals surface area contributed by atoms with E-state index in [1.54, 1.807) is 0 Å². The fourth-order valence-electron chi connectivity index (χ4n) is 2.58. The molecule has 0 aliphatic carbocycles. The highest BCUT2D eigenvalue weighted by atomic mass is 35.5. The number of hydrogen-bond donors (Lipinski definition) is 1. The van der Waals surface area contributed by atoms with Gasteiger partial charge in [0.05, 0.1) is 11.7 Å². The van der Waals surface area contributed by atoms with Crippen molar-refractivity contribution in [2.45, 2.75) is 25.9 Å². The van der Waals surface area contributed by atoms with E-state index in [0.717, 1.165) is 35.1 Å². The lowest BCUT2D eigenvalue weighted by Gasteiger charge is -2.25. The van der Waals surface area contributed by atoms with Gasteiger partial charge in [-0.05, 0) is 24.5 Å². The first-order valence-corrected chi connectivity index (χ1v) is 6.60. The smallest absolute Gasteiger partial charge is 0.126 e. The van der Waals surface area contributed by atoms with Gasteiger partial charge in [0.15, 0.2) is 0 Å². The number of fused-ring (bicyclic) bond motifs is 1. The number of aromatic nitrogens is 2. The zero-order valence-electron chi connectivity index (χ0n) is 10.3. The largest absolute Gasteiger partial charge is 0.333 e. The van der Waals surface area contributed by atoms with Crippen LogP contribution in [0, 0.1) is 5.92 Å². The maximum absolute atomic E-state index is 6.15. The molecule has 2 N–H and O–H groups in total. The van der Waals surface area contributed by atoms with E-state index in [1.807, 2.05) is 24.3 Å². The number of rotatable bonds is 1. The minimum atomic E-state index is 0.0507. The van der Waals surface area contributed by atoms with E-state index in [2.05, 4.69) is 22.7 Å². The lowest BCUT2D eigenvalue weighted by Crippen LogP contribution is -2.26. The summed E-state index contributed by atoms with van der Waals surface area (Å²) in [6, 6.07) is 7.81. The third kappa shape index (κ3) is 2.04. The van der Waals surface area contributed by atoms with E-state index in [9.17, 15) is 0 Å². The predicted molar refractivity (Wildman–Crippen MR) is 73.4 cm³/mol. The second kappa shape index (κ2) is 4.41. The van der Waals surface area contributed by atoms with Crippen LogP contribution >= 0.6 is 11.6 Å².